The van der Waals surface area contributed by atoms with Gasteiger partial charge in [-0.25, -0.2) is 0 Å². The largest absolute Gasteiger partial charge is 0.489 e. The van der Waals surface area contributed by atoms with Gasteiger partial charge in [0.1, 0.15) is 0 Å². The number of hydrogen-bond donors (Lipinski definition) is 0. The summed E-state index contributed by atoms with van der Waals surface area (Å²) in [4.78, 5) is 27.1. The maximum Gasteiger partial charge on any atom is 0.228 e. The van der Waals surface area contributed by atoms with Crippen LogP contribution in [0.4, 0.5) is 0 Å². The molecule has 0 atom stereocenters. The number of benzene rings is 2. The SMILES string of the molecule is CCCCCCCCCCOC1=C(C2CCC(c3ccc(Cl)cc3)CC2)C(=O)c2ccccc2C1=O. The summed E-state index contributed by atoms with van der Waals surface area (Å²) in [6.45, 7) is 2.73. The molecular weight excluding hydrogens is 468 g/mol. The molecule has 2 aliphatic carbocycles. The van der Waals surface area contributed by atoms with Crippen molar-refractivity contribution in [1.29, 1.82) is 0 Å². The molecule has 0 bridgehead atoms. The quantitative estimate of drug-likeness (QED) is 0.269. The van der Waals surface area contributed by atoms with Gasteiger partial charge in [-0.05, 0) is 61.6 Å². The van der Waals surface area contributed by atoms with Crippen molar-refractivity contribution in [3.63, 3.8) is 0 Å². The summed E-state index contributed by atoms with van der Waals surface area (Å²) in [5, 5.41) is 0.751. The van der Waals surface area contributed by atoms with E-state index in [1.54, 1.807) is 12.1 Å². The second-order valence-electron chi connectivity index (χ2n) is 10.4. The molecule has 4 heteroatoms. The lowest BCUT2D eigenvalue weighted by Gasteiger charge is -2.32. The minimum absolute atomic E-state index is 0.0222. The molecule has 0 N–H and O–H groups in total. The number of carbonyl (C=O) groups excluding carboxylic acids is 2. The average molecular weight is 507 g/mol. The first-order valence-corrected chi connectivity index (χ1v) is 14.3. The molecule has 0 heterocycles. The van der Waals surface area contributed by atoms with Crippen molar-refractivity contribution in [3.8, 4) is 0 Å². The predicted molar refractivity (Wildman–Crippen MR) is 147 cm³/mol. The van der Waals surface area contributed by atoms with E-state index in [0.717, 1.165) is 43.5 Å². The average Bonchev–Trinajstić information content (AvgIpc) is 2.91. The highest BCUT2D eigenvalue weighted by Gasteiger charge is 2.38. The molecule has 0 saturated heterocycles. The normalized spacial score (nSPS) is 19.9. The number of rotatable bonds is 12. The van der Waals surface area contributed by atoms with Crippen molar-refractivity contribution in [3.05, 3.63) is 81.6 Å². The number of unbranched alkanes of at least 4 members (excludes halogenated alkanes) is 7. The number of halogens is 1. The van der Waals surface area contributed by atoms with E-state index in [2.05, 4.69) is 19.1 Å². The fourth-order valence-corrected chi connectivity index (χ4v) is 5.87. The fraction of sp³-hybridized carbons (Fsp3) is 0.500. The van der Waals surface area contributed by atoms with Gasteiger partial charge in [-0.2, -0.15) is 0 Å². The third kappa shape index (κ3) is 6.48. The number of carbonyl (C=O) groups is 2. The van der Waals surface area contributed by atoms with Gasteiger partial charge in [0.05, 0.1) is 6.61 Å². The molecule has 0 aliphatic heterocycles. The van der Waals surface area contributed by atoms with E-state index >= 15 is 0 Å². The Hall–Kier alpha value is -2.39. The zero-order valence-corrected chi connectivity index (χ0v) is 22.3. The van der Waals surface area contributed by atoms with Crippen molar-refractivity contribution in [2.45, 2.75) is 89.9 Å². The molecule has 1 saturated carbocycles. The third-order valence-corrected chi connectivity index (χ3v) is 8.08. The lowest BCUT2D eigenvalue weighted by Crippen LogP contribution is -2.29. The van der Waals surface area contributed by atoms with Crippen LogP contribution in [0.15, 0.2) is 59.9 Å². The van der Waals surface area contributed by atoms with Gasteiger partial charge >= 0.3 is 0 Å². The molecule has 192 valence electrons. The van der Waals surface area contributed by atoms with Gasteiger partial charge in [-0.1, -0.05) is 99.9 Å². The molecule has 2 aromatic carbocycles. The second-order valence-corrected chi connectivity index (χ2v) is 10.8. The maximum absolute atomic E-state index is 13.6. The highest BCUT2D eigenvalue weighted by atomic mass is 35.5. The van der Waals surface area contributed by atoms with Crippen LogP contribution in [0.1, 0.15) is 116 Å². The van der Waals surface area contributed by atoms with Gasteiger partial charge in [-0.3, -0.25) is 9.59 Å². The van der Waals surface area contributed by atoms with Gasteiger partial charge in [-0.15, -0.1) is 0 Å². The Bertz CT molecular complexity index is 1060. The van der Waals surface area contributed by atoms with Crippen molar-refractivity contribution in [1.82, 2.24) is 0 Å². The summed E-state index contributed by atoms with van der Waals surface area (Å²) in [5.74, 6) is 0.691. The summed E-state index contributed by atoms with van der Waals surface area (Å²) < 4.78 is 6.15. The Morgan fingerprint density at radius 1 is 0.722 bits per heavy atom. The number of ketones is 2. The Balaban J connectivity index is 1.42. The molecule has 1 fully saturated rings. The topological polar surface area (TPSA) is 43.4 Å². The van der Waals surface area contributed by atoms with E-state index in [1.807, 2.05) is 24.3 Å². The highest BCUT2D eigenvalue weighted by molar-refractivity contribution is 6.30. The van der Waals surface area contributed by atoms with Gasteiger partial charge in [0.2, 0.25) is 5.78 Å². The van der Waals surface area contributed by atoms with Gasteiger partial charge in [0.25, 0.3) is 0 Å². The van der Waals surface area contributed by atoms with Crippen LogP contribution in [0.25, 0.3) is 0 Å². The van der Waals surface area contributed by atoms with E-state index < -0.39 is 0 Å². The lowest BCUT2D eigenvalue weighted by molar-refractivity contribution is 0.0851. The molecule has 2 aliphatic rings. The van der Waals surface area contributed by atoms with Crippen LogP contribution in [0.3, 0.4) is 0 Å². The van der Waals surface area contributed by atoms with Crippen LogP contribution < -0.4 is 0 Å². The minimum atomic E-state index is -0.125. The first-order valence-electron chi connectivity index (χ1n) is 13.9. The van der Waals surface area contributed by atoms with Gasteiger partial charge in [0, 0.05) is 21.7 Å². The first kappa shape index (κ1) is 26.7. The number of fused-ring (bicyclic) bond motifs is 1. The summed E-state index contributed by atoms with van der Waals surface area (Å²) in [6.07, 6.45) is 13.4. The smallest absolute Gasteiger partial charge is 0.228 e. The maximum atomic E-state index is 13.6. The zero-order chi connectivity index (χ0) is 25.3. The monoisotopic (exact) mass is 506 g/mol. The van der Waals surface area contributed by atoms with E-state index in [0.29, 0.717) is 35.0 Å². The molecule has 0 unspecified atom stereocenters. The number of allylic oxidation sites excluding steroid dienone is 2. The standard InChI is InChI=1S/C32H39ClO3/c1-2-3-4-5-6-7-8-11-22-36-32-29(30(34)27-12-9-10-13-28(27)31(32)35)25-16-14-23(15-17-25)24-18-20-26(33)21-19-24/h9-10,12-13,18-21,23,25H,2-8,11,14-17,22H2,1H3. The Kier molecular flexibility index (Phi) is 9.81. The molecule has 3 nitrogen and oxygen atoms in total. The van der Waals surface area contributed by atoms with Crippen LogP contribution in [0, 0.1) is 5.92 Å². The van der Waals surface area contributed by atoms with Gasteiger partial charge < -0.3 is 4.74 Å². The summed E-state index contributed by atoms with van der Waals surface area (Å²) in [6, 6.07) is 15.3. The number of Topliss-reactive ketones (excluding diaryl/α,β-unsaturated/α-hetero) is 2. The van der Waals surface area contributed by atoms with Crippen molar-refractivity contribution >= 4 is 23.2 Å². The van der Waals surface area contributed by atoms with Crippen LogP contribution in [0.2, 0.25) is 5.02 Å². The molecule has 0 amide bonds. The van der Waals surface area contributed by atoms with Gasteiger partial charge in [0.15, 0.2) is 11.5 Å². The molecule has 0 spiro atoms. The predicted octanol–water partition coefficient (Wildman–Crippen LogP) is 9.10. The van der Waals surface area contributed by atoms with E-state index in [9.17, 15) is 9.59 Å². The summed E-state index contributed by atoms with van der Waals surface area (Å²) >= 11 is 6.07. The van der Waals surface area contributed by atoms with E-state index in [4.69, 9.17) is 16.3 Å². The molecular formula is C32H39ClO3. The van der Waals surface area contributed by atoms with Crippen LogP contribution in [-0.4, -0.2) is 18.2 Å². The summed E-state index contributed by atoms with van der Waals surface area (Å²) in [5.41, 5.74) is 2.92. The number of ether oxygens (including phenoxy) is 1. The molecule has 0 radical (unpaired) electrons. The van der Waals surface area contributed by atoms with E-state index in [-0.39, 0.29) is 17.5 Å². The third-order valence-electron chi connectivity index (χ3n) is 7.83. The van der Waals surface area contributed by atoms with Crippen molar-refractivity contribution in [2.75, 3.05) is 6.61 Å². The Morgan fingerprint density at radius 2 is 1.28 bits per heavy atom. The number of hydrogen-bond acceptors (Lipinski definition) is 3. The van der Waals surface area contributed by atoms with Crippen molar-refractivity contribution in [2.24, 2.45) is 5.92 Å². The minimum Gasteiger partial charge on any atom is -0.489 e. The summed E-state index contributed by atoms with van der Waals surface area (Å²) in [7, 11) is 0. The fourth-order valence-electron chi connectivity index (χ4n) is 5.75. The lowest BCUT2D eigenvalue weighted by atomic mass is 9.72. The zero-order valence-electron chi connectivity index (χ0n) is 21.6. The van der Waals surface area contributed by atoms with Crippen LogP contribution in [0.5, 0.6) is 0 Å². The Morgan fingerprint density at radius 3 is 1.92 bits per heavy atom. The first-order chi connectivity index (χ1) is 17.6. The molecule has 36 heavy (non-hydrogen) atoms. The molecule has 0 aromatic heterocycles. The molecule has 2 aromatic rings. The van der Waals surface area contributed by atoms with Crippen LogP contribution >= 0.6 is 11.6 Å². The van der Waals surface area contributed by atoms with Crippen LogP contribution in [-0.2, 0) is 4.74 Å². The molecule has 4 rings (SSSR count). The second kappa shape index (κ2) is 13.2. The van der Waals surface area contributed by atoms with Crippen molar-refractivity contribution < 1.29 is 14.3 Å². The highest BCUT2D eigenvalue weighted by Crippen LogP contribution is 2.42. The Labute approximate surface area is 221 Å². The van der Waals surface area contributed by atoms with E-state index in [1.165, 1.54) is 44.1 Å².